The fraction of sp³-hybridized carbons (Fsp3) is 0.353. The van der Waals surface area contributed by atoms with Gasteiger partial charge in [-0.1, -0.05) is 0 Å². The third-order valence-electron chi connectivity index (χ3n) is 3.90. The number of hydrogen-bond donors (Lipinski definition) is 1. The predicted molar refractivity (Wildman–Crippen MR) is 91.9 cm³/mol. The van der Waals surface area contributed by atoms with Gasteiger partial charge >= 0.3 is 0 Å². The number of nitrogens with zero attached hydrogens (tertiary/aromatic N) is 1. The monoisotopic (exact) mass is 364 g/mol. The summed E-state index contributed by atoms with van der Waals surface area (Å²) >= 11 is 0. The largest absolute Gasteiger partial charge is 0.471 e. The van der Waals surface area contributed by atoms with E-state index in [9.17, 15) is 13.2 Å². The molecule has 2 unspecified atom stereocenters. The van der Waals surface area contributed by atoms with E-state index in [2.05, 4.69) is 4.72 Å². The first kappa shape index (κ1) is 17.5. The summed E-state index contributed by atoms with van der Waals surface area (Å²) < 4.78 is 37.2. The number of ether oxygens (including phenoxy) is 1. The van der Waals surface area contributed by atoms with Gasteiger partial charge < -0.3 is 14.1 Å². The van der Waals surface area contributed by atoms with Gasteiger partial charge in [-0.25, -0.2) is 8.42 Å². The first-order valence-corrected chi connectivity index (χ1v) is 9.43. The summed E-state index contributed by atoms with van der Waals surface area (Å²) in [6, 6.07) is 7.72. The third-order valence-corrected chi connectivity index (χ3v) is 5.25. The second kappa shape index (κ2) is 6.89. The number of amides is 1. The van der Waals surface area contributed by atoms with Gasteiger partial charge in [-0.05, 0) is 44.2 Å². The van der Waals surface area contributed by atoms with Crippen molar-refractivity contribution in [2.45, 2.75) is 31.0 Å². The molecule has 2 atom stereocenters. The lowest BCUT2D eigenvalue weighted by molar-refractivity contribution is -0.0586. The molecule has 0 spiro atoms. The van der Waals surface area contributed by atoms with Crippen LogP contribution in [-0.4, -0.2) is 44.5 Å². The van der Waals surface area contributed by atoms with Crippen LogP contribution >= 0.6 is 0 Å². The Kier molecular flexibility index (Phi) is 4.82. The number of furan rings is 1. The molecule has 1 aromatic carbocycles. The molecule has 0 radical (unpaired) electrons. The van der Waals surface area contributed by atoms with Crippen LogP contribution in [0.1, 0.15) is 24.2 Å². The van der Waals surface area contributed by atoms with Gasteiger partial charge in [0.15, 0.2) is 0 Å². The van der Waals surface area contributed by atoms with Crippen LogP contribution in [0.2, 0.25) is 0 Å². The smallest absolute Gasteiger partial charge is 0.265 e. The molecule has 0 saturated carbocycles. The van der Waals surface area contributed by atoms with E-state index in [0.29, 0.717) is 24.3 Å². The third kappa shape index (κ3) is 4.02. The fourth-order valence-electron chi connectivity index (χ4n) is 2.83. The first-order chi connectivity index (χ1) is 11.8. The van der Waals surface area contributed by atoms with E-state index < -0.39 is 10.0 Å². The molecule has 134 valence electrons. The minimum absolute atomic E-state index is 0.00579. The van der Waals surface area contributed by atoms with Crippen molar-refractivity contribution in [3.63, 3.8) is 0 Å². The second-order valence-corrected chi connectivity index (χ2v) is 7.79. The van der Waals surface area contributed by atoms with Crippen molar-refractivity contribution < 1.29 is 22.4 Å². The van der Waals surface area contributed by atoms with E-state index in [1.807, 2.05) is 13.8 Å². The number of hydrogen-bond acceptors (Lipinski definition) is 5. The predicted octanol–water partition coefficient (Wildman–Crippen LogP) is 2.33. The van der Waals surface area contributed by atoms with Gasteiger partial charge in [0.1, 0.15) is 11.2 Å². The summed E-state index contributed by atoms with van der Waals surface area (Å²) in [7, 11) is -3.69. The molecule has 1 N–H and O–H groups in total. The zero-order valence-electron chi connectivity index (χ0n) is 14.0. The molecular weight excluding hydrogens is 344 g/mol. The SMILES string of the molecule is CC1CN(C(=O)c2ccc(NS(=O)(=O)c3ccoc3)cc2)CC(C)O1. The average Bonchev–Trinajstić information content (AvgIpc) is 3.09. The zero-order chi connectivity index (χ0) is 18.0. The highest BCUT2D eigenvalue weighted by Gasteiger charge is 2.26. The van der Waals surface area contributed by atoms with E-state index in [4.69, 9.17) is 9.15 Å². The molecule has 1 fully saturated rings. The highest BCUT2D eigenvalue weighted by molar-refractivity contribution is 7.92. The van der Waals surface area contributed by atoms with Crippen molar-refractivity contribution in [2.75, 3.05) is 17.8 Å². The quantitative estimate of drug-likeness (QED) is 0.899. The van der Waals surface area contributed by atoms with Crippen LogP contribution in [0.4, 0.5) is 5.69 Å². The van der Waals surface area contributed by atoms with Gasteiger partial charge in [0.2, 0.25) is 0 Å². The van der Waals surface area contributed by atoms with E-state index in [-0.39, 0.29) is 23.0 Å². The molecule has 1 aliphatic rings. The van der Waals surface area contributed by atoms with Crippen molar-refractivity contribution in [3.05, 3.63) is 48.4 Å². The van der Waals surface area contributed by atoms with Gasteiger partial charge in [-0.3, -0.25) is 9.52 Å². The number of morpholine rings is 1. The maximum atomic E-state index is 12.6. The molecule has 1 aliphatic heterocycles. The summed E-state index contributed by atoms with van der Waals surface area (Å²) in [5, 5.41) is 0. The second-order valence-electron chi connectivity index (χ2n) is 6.11. The van der Waals surface area contributed by atoms with Crippen LogP contribution in [0.5, 0.6) is 0 Å². The molecule has 0 aliphatic carbocycles. The lowest BCUT2D eigenvalue weighted by Crippen LogP contribution is -2.48. The van der Waals surface area contributed by atoms with E-state index in [1.54, 1.807) is 29.2 Å². The molecule has 1 aromatic heterocycles. The van der Waals surface area contributed by atoms with Crippen LogP contribution in [0.25, 0.3) is 0 Å². The van der Waals surface area contributed by atoms with E-state index >= 15 is 0 Å². The minimum atomic E-state index is -3.69. The molecular formula is C17H20N2O5S. The summed E-state index contributed by atoms with van der Waals surface area (Å²) in [6.07, 6.45) is 2.43. The molecule has 1 saturated heterocycles. The highest BCUT2D eigenvalue weighted by Crippen LogP contribution is 2.19. The summed E-state index contributed by atoms with van der Waals surface area (Å²) in [4.78, 5) is 14.4. The Morgan fingerprint density at radius 1 is 1.12 bits per heavy atom. The van der Waals surface area contributed by atoms with Gasteiger partial charge in [-0.15, -0.1) is 0 Å². The van der Waals surface area contributed by atoms with Crippen molar-refractivity contribution in [1.82, 2.24) is 4.90 Å². The molecule has 2 heterocycles. The first-order valence-electron chi connectivity index (χ1n) is 7.95. The fourth-order valence-corrected chi connectivity index (χ4v) is 3.81. The van der Waals surface area contributed by atoms with Crippen LogP contribution in [0.3, 0.4) is 0 Å². The number of benzene rings is 1. The van der Waals surface area contributed by atoms with Crippen LogP contribution < -0.4 is 4.72 Å². The summed E-state index contributed by atoms with van der Waals surface area (Å²) in [5.41, 5.74) is 0.883. The topological polar surface area (TPSA) is 88.9 Å². The molecule has 2 aromatic rings. The lowest BCUT2D eigenvalue weighted by Gasteiger charge is -2.35. The maximum Gasteiger partial charge on any atom is 0.265 e. The molecule has 0 bridgehead atoms. The van der Waals surface area contributed by atoms with Crippen molar-refractivity contribution >= 4 is 21.6 Å². The van der Waals surface area contributed by atoms with Crippen molar-refractivity contribution in [2.24, 2.45) is 0 Å². The van der Waals surface area contributed by atoms with E-state index in [0.717, 1.165) is 6.26 Å². The number of sulfonamides is 1. The summed E-state index contributed by atoms with van der Waals surface area (Å²) in [6.45, 7) is 4.95. The number of rotatable bonds is 4. The Balaban J connectivity index is 1.71. The Labute approximate surface area is 146 Å². The Morgan fingerprint density at radius 3 is 2.32 bits per heavy atom. The Hall–Kier alpha value is -2.32. The number of carbonyl (C=O) groups is 1. The van der Waals surface area contributed by atoms with Crippen LogP contribution in [0, 0.1) is 0 Å². The van der Waals surface area contributed by atoms with E-state index in [1.165, 1.54) is 12.3 Å². The minimum Gasteiger partial charge on any atom is -0.471 e. The zero-order valence-corrected chi connectivity index (χ0v) is 14.8. The Bertz CT molecular complexity index is 820. The average molecular weight is 364 g/mol. The highest BCUT2D eigenvalue weighted by atomic mass is 32.2. The molecule has 7 nitrogen and oxygen atoms in total. The van der Waals surface area contributed by atoms with Crippen molar-refractivity contribution in [1.29, 1.82) is 0 Å². The molecule has 25 heavy (non-hydrogen) atoms. The van der Waals surface area contributed by atoms with Crippen LogP contribution in [0.15, 0.2) is 52.2 Å². The maximum absolute atomic E-state index is 12.6. The lowest BCUT2D eigenvalue weighted by atomic mass is 10.1. The normalized spacial score (nSPS) is 21.1. The molecule has 3 rings (SSSR count). The Morgan fingerprint density at radius 2 is 1.76 bits per heavy atom. The number of nitrogens with one attached hydrogen (secondary N) is 1. The number of carbonyl (C=O) groups excluding carboxylic acids is 1. The standard InChI is InChI=1S/C17H20N2O5S/c1-12-9-19(10-13(2)24-12)17(20)14-3-5-15(6-4-14)18-25(21,22)16-7-8-23-11-16/h3-8,11-13,18H,9-10H2,1-2H3. The van der Waals surface area contributed by atoms with Gasteiger partial charge in [0.05, 0.1) is 18.5 Å². The van der Waals surface area contributed by atoms with Gasteiger partial charge in [0, 0.05) is 24.3 Å². The van der Waals surface area contributed by atoms with Gasteiger partial charge in [-0.2, -0.15) is 0 Å². The molecule has 1 amide bonds. The summed E-state index contributed by atoms with van der Waals surface area (Å²) in [5.74, 6) is -0.0914. The van der Waals surface area contributed by atoms with Gasteiger partial charge in [0.25, 0.3) is 15.9 Å². The number of anilines is 1. The van der Waals surface area contributed by atoms with Crippen molar-refractivity contribution in [3.8, 4) is 0 Å². The van der Waals surface area contributed by atoms with Crippen LogP contribution in [-0.2, 0) is 14.8 Å². The molecule has 8 heteroatoms.